The van der Waals surface area contributed by atoms with Crippen molar-refractivity contribution in [2.75, 3.05) is 32.7 Å². The average Bonchev–Trinajstić information content (AvgIpc) is 3.53. The molecule has 9 heteroatoms. The van der Waals surface area contributed by atoms with Gasteiger partial charge in [-0.25, -0.2) is 4.39 Å². The lowest BCUT2D eigenvalue weighted by molar-refractivity contribution is 0.0968. The zero-order valence-electron chi connectivity index (χ0n) is 22.9. The summed E-state index contributed by atoms with van der Waals surface area (Å²) in [5.41, 5.74) is 0.819. The maximum Gasteiger partial charge on any atom is 0.197 e. The van der Waals surface area contributed by atoms with Crippen molar-refractivity contribution in [1.29, 1.82) is 0 Å². The van der Waals surface area contributed by atoms with Crippen molar-refractivity contribution in [2.45, 2.75) is 46.5 Å². The van der Waals surface area contributed by atoms with Crippen LogP contribution in [0.1, 0.15) is 65.8 Å². The lowest BCUT2D eigenvalue weighted by atomic mass is 10.1. The van der Waals surface area contributed by atoms with Crippen molar-refractivity contribution in [1.82, 2.24) is 0 Å². The Balaban J connectivity index is 1.42. The second kappa shape index (κ2) is 12.8. The third-order valence-corrected chi connectivity index (χ3v) is 8.51. The number of nitrogens with one attached hydrogen (secondary N) is 1. The molecule has 39 heavy (non-hydrogen) atoms. The van der Waals surface area contributed by atoms with E-state index in [1.807, 2.05) is 39.0 Å². The Labute approximate surface area is 236 Å². The number of hydrogen-bond acceptors (Lipinski definition) is 8. The number of carbonyl (C=O) groups excluding carboxylic acids is 2. The maximum atomic E-state index is 15.4. The van der Waals surface area contributed by atoms with Crippen molar-refractivity contribution in [3.8, 4) is 17.2 Å². The van der Waals surface area contributed by atoms with Gasteiger partial charge in [0.15, 0.2) is 28.9 Å². The Bertz CT molecular complexity index is 1490. The molecule has 6 nitrogen and oxygen atoms in total. The largest absolute Gasteiger partial charge is 0.495 e. The molecule has 2 heterocycles. The predicted octanol–water partition coefficient (Wildman–Crippen LogP) is 8.36. The molecule has 0 aliphatic heterocycles. The van der Waals surface area contributed by atoms with Gasteiger partial charge >= 0.3 is 0 Å². The number of anilines is 1. The van der Waals surface area contributed by atoms with Gasteiger partial charge in [0, 0.05) is 46.3 Å². The highest BCUT2D eigenvalue weighted by Gasteiger charge is 2.21. The van der Waals surface area contributed by atoms with E-state index in [9.17, 15) is 9.59 Å². The van der Waals surface area contributed by atoms with Gasteiger partial charge in [0.05, 0.1) is 36.3 Å². The van der Waals surface area contributed by atoms with Crippen LogP contribution in [-0.4, -0.2) is 38.9 Å². The van der Waals surface area contributed by atoms with E-state index in [2.05, 4.69) is 5.32 Å². The number of halogens is 1. The van der Waals surface area contributed by atoms with E-state index in [1.165, 1.54) is 29.8 Å². The average molecular weight is 572 g/mol. The van der Waals surface area contributed by atoms with E-state index < -0.39 is 5.82 Å². The minimum atomic E-state index is -0.518. The van der Waals surface area contributed by atoms with Crippen LogP contribution >= 0.6 is 22.7 Å². The summed E-state index contributed by atoms with van der Waals surface area (Å²) in [6, 6.07) is 9.20. The fraction of sp³-hybridized carbons (Fsp3) is 0.400. The third kappa shape index (κ3) is 6.53. The second-order valence-corrected chi connectivity index (χ2v) is 11.9. The molecule has 4 aromatic rings. The normalized spacial score (nSPS) is 11.4. The molecule has 0 amide bonds. The van der Waals surface area contributed by atoms with E-state index in [1.54, 1.807) is 19.2 Å². The number of ketones is 2. The monoisotopic (exact) mass is 571 g/mol. The van der Waals surface area contributed by atoms with Crippen LogP contribution in [0.3, 0.4) is 0 Å². The van der Waals surface area contributed by atoms with E-state index >= 15 is 4.39 Å². The lowest BCUT2D eigenvalue weighted by Gasteiger charge is -2.14. The smallest absolute Gasteiger partial charge is 0.197 e. The van der Waals surface area contributed by atoms with Gasteiger partial charge < -0.3 is 19.5 Å². The molecule has 0 aliphatic carbocycles. The van der Waals surface area contributed by atoms with Gasteiger partial charge in [0.1, 0.15) is 5.75 Å². The van der Waals surface area contributed by atoms with Crippen molar-refractivity contribution in [3.63, 3.8) is 0 Å². The number of ether oxygens (including phenoxy) is 3. The SMILES string of the molecule is CCCC(=O)c1cc2cc(NCCCOc3c(OC)cc4sc(C(=O)CC(C)C)cc4c3F)c(OC)cc2s1. The highest BCUT2D eigenvalue weighted by molar-refractivity contribution is 7.21. The summed E-state index contributed by atoms with van der Waals surface area (Å²) >= 11 is 2.76. The second-order valence-electron chi connectivity index (χ2n) is 9.77. The Morgan fingerprint density at radius 1 is 0.949 bits per heavy atom. The molecule has 0 spiro atoms. The topological polar surface area (TPSA) is 73.9 Å². The summed E-state index contributed by atoms with van der Waals surface area (Å²) in [6.45, 7) is 6.79. The zero-order chi connectivity index (χ0) is 28.1. The van der Waals surface area contributed by atoms with Crippen LogP contribution in [0.5, 0.6) is 17.2 Å². The van der Waals surface area contributed by atoms with Crippen LogP contribution in [0.2, 0.25) is 0 Å². The molecular formula is C30H34FNO5S2. The molecule has 2 aromatic carbocycles. The zero-order valence-corrected chi connectivity index (χ0v) is 24.6. The number of methoxy groups -OCH3 is 2. The van der Waals surface area contributed by atoms with Gasteiger partial charge in [0.25, 0.3) is 0 Å². The van der Waals surface area contributed by atoms with Gasteiger partial charge in [-0.1, -0.05) is 20.8 Å². The van der Waals surface area contributed by atoms with Crippen LogP contribution in [0.25, 0.3) is 20.2 Å². The van der Waals surface area contributed by atoms with Gasteiger partial charge in [-0.2, -0.15) is 0 Å². The number of rotatable bonds is 14. The molecule has 208 valence electrons. The van der Waals surface area contributed by atoms with Crippen LogP contribution in [0.15, 0.2) is 30.3 Å². The summed E-state index contributed by atoms with van der Waals surface area (Å²) in [5, 5.41) is 4.72. The fourth-order valence-corrected chi connectivity index (χ4v) is 6.40. The molecule has 2 aromatic heterocycles. The van der Waals surface area contributed by atoms with Crippen LogP contribution in [-0.2, 0) is 0 Å². The summed E-state index contributed by atoms with van der Waals surface area (Å²) in [4.78, 5) is 26.1. The third-order valence-electron chi connectivity index (χ3n) is 6.24. The summed E-state index contributed by atoms with van der Waals surface area (Å²) < 4.78 is 33.9. The highest BCUT2D eigenvalue weighted by Crippen LogP contribution is 2.40. The maximum absolute atomic E-state index is 15.4. The van der Waals surface area contributed by atoms with Crippen LogP contribution in [0, 0.1) is 11.7 Å². The first-order valence-electron chi connectivity index (χ1n) is 13.1. The van der Waals surface area contributed by atoms with Gasteiger partial charge in [-0.05, 0) is 42.3 Å². The van der Waals surface area contributed by atoms with E-state index in [0.29, 0.717) is 52.3 Å². The molecule has 0 saturated heterocycles. The number of carbonyl (C=O) groups is 2. The molecule has 0 saturated carbocycles. The Kier molecular flexibility index (Phi) is 9.45. The minimum Gasteiger partial charge on any atom is -0.495 e. The minimum absolute atomic E-state index is 0.0120. The first-order valence-corrected chi connectivity index (χ1v) is 14.7. The Morgan fingerprint density at radius 2 is 1.64 bits per heavy atom. The molecule has 0 bridgehead atoms. The van der Waals surface area contributed by atoms with Crippen molar-refractivity contribution < 1.29 is 28.2 Å². The lowest BCUT2D eigenvalue weighted by Crippen LogP contribution is -2.09. The standard InChI is InChI=1S/C30H34FNO5S2/c1-6-8-21(33)27-13-18-12-20(23(35-4)15-25(18)38-27)32-9-7-10-37-30-24(36-5)16-26-19(29(30)31)14-28(39-26)22(34)11-17(2)3/h12-17,32H,6-11H2,1-5H3. The summed E-state index contributed by atoms with van der Waals surface area (Å²) in [6.07, 6.45) is 2.37. The highest BCUT2D eigenvalue weighted by atomic mass is 32.1. The molecule has 4 rings (SSSR count). The molecular weight excluding hydrogens is 537 g/mol. The molecule has 1 N–H and O–H groups in total. The number of thiophene rings is 2. The molecule has 0 radical (unpaired) electrons. The fourth-order valence-electron chi connectivity index (χ4n) is 4.33. The molecule has 0 aliphatic rings. The Hall–Kier alpha value is -3.17. The molecule has 0 unspecified atom stereocenters. The summed E-state index contributed by atoms with van der Waals surface area (Å²) in [7, 11) is 3.09. The van der Waals surface area contributed by atoms with E-state index in [4.69, 9.17) is 14.2 Å². The van der Waals surface area contributed by atoms with Crippen molar-refractivity contribution in [3.05, 3.63) is 45.9 Å². The predicted molar refractivity (Wildman–Crippen MR) is 158 cm³/mol. The van der Waals surface area contributed by atoms with E-state index in [0.717, 1.165) is 27.1 Å². The van der Waals surface area contributed by atoms with Gasteiger partial charge in [-0.15, -0.1) is 22.7 Å². The number of hydrogen-bond donors (Lipinski definition) is 1. The number of benzene rings is 2. The van der Waals surface area contributed by atoms with Gasteiger partial charge in [-0.3, -0.25) is 9.59 Å². The van der Waals surface area contributed by atoms with Crippen LogP contribution < -0.4 is 19.5 Å². The van der Waals surface area contributed by atoms with Crippen LogP contribution in [0.4, 0.5) is 10.1 Å². The van der Waals surface area contributed by atoms with Crippen molar-refractivity contribution >= 4 is 60.1 Å². The first-order chi connectivity index (χ1) is 18.7. The van der Waals surface area contributed by atoms with E-state index in [-0.39, 0.29) is 29.8 Å². The number of Topliss-reactive ketones (excluding diaryl/α,β-unsaturated/α-hetero) is 2. The molecule has 0 atom stereocenters. The quantitative estimate of drug-likeness (QED) is 0.121. The molecule has 0 fully saturated rings. The number of fused-ring (bicyclic) bond motifs is 2. The summed E-state index contributed by atoms with van der Waals surface area (Å²) in [5.74, 6) is 0.925. The first kappa shape index (κ1) is 28.8. The van der Waals surface area contributed by atoms with Gasteiger partial charge in [0.2, 0.25) is 0 Å². The van der Waals surface area contributed by atoms with Crippen molar-refractivity contribution in [2.24, 2.45) is 5.92 Å². The Morgan fingerprint density at radius 3 is 2.33 bits per heavy atom.